The first kappa shape index (κ1) is 22.3. The molecule has 10 nitrogen and oxygen atoms in total. The van der Waals surface area contributed by atoms with Gasteiger partial charge in [0, 0.05) is 20.6 Å². The van der Waals surface area contributed by atoms with Gasteiger partial charge in [-0.15, -0.1) is 0 Å². The second-order valence-electron chi connectivity index (χ2n) is 6.53. The summed E-state index contributed by atoms with van der Waals surface area (Å²) in [6.07, 6.45) is -2.12. The summed E-state index contributed by atoms with van der Waals surface area (Å²) in [5.41, 5.74) is -0.746. The average Bonchev–Trinajstić information content (AvgIpc) is 3.32. The van der Waals surface area contributed by atoms with Crippen molar-refractivity contribution in [3.05, 3.63) is 40.2 Å². The predicted octanol–water partition coefficient (Wildman–Crippen LogP) is 2.86. The van der Waals surface area contributed by atoms with E-state index in [9.17, 15) is 22.8 Å². The number of nitrogens with zero attached hydrogens (tertiary/aromatic N) is 6. The number of halogens is 4. The standard InChI is InChI=1S/C17H18ClF3N8O2/c1-5-29-13(16(31)24-9-6-22-27(3)8(9)2)10(7-23-29)25-15(30)12-11(18)14(17(19,20)21)28(4)26-12/h6-7H,5H2,1-4H3,(H,24,31)(H,25,30). The molecular weight excluding hydrogens is 441 g/mol. The van der Waals surface area contributed by atoms with E-state index in [2.05, 4.69) is 25.9 Å². The normalized spacial score (nSPS) is 11.6. The fourth-order valence-corrected chi connectivity index (χ4v) is 3.24. The molecule has 3 aromatic heterocycles. The Morgan fingerprint density at radius 1 is 1.06 bits per heavy atom. The largest absolute Gasteiger partial charge is 0.434 e. The summed E-state index contributed by atoms with van der Waals surface area (Å²) in [5.74, 6) is -1.60. The van der Waals surface area contributed by atoms with E-state index in [0.717, 1.165) is 7.05 Å². The van der Waals surface area contributed by atoms with Gasteiger partial charge in [0.15, 0.2) is 11.4 Å². The zero-order chi connectivity index (χ0) is 23.1. The van der Waals surface area contributed by atoms with Crippen molar-refractivity contribution in [2.75, 3.05) is 10.6 Å². The van der Waals surface area contributed by atoms with Crippen LogP contribution in [0.4, 0.5) is 24.5 Å². The summed E-state index contributed by atoms with van der Waals surface area (Å²) in [5, 5.41) is 15.9. The van der Waals surface area contributed by atoms with Crippen LogP contribution in [0.1, 0.15) is 39.3 Å². The molecule has 0 saturated heterocycles. The van der Waals surface area contributed by atoms with Crippen LogP contribution in [0.2, 0.25) is 5.02 Å². The molecule has 3 rings (SSSR count). The molecular formula is C17H18ClF3N8O2. The highest BCUT2D eigenvalue weighted by Gasteiger charge is 2.40. The van der Waals surface area contributed by atoms with Gasteiger partial charge in [0.2, 0.25) is 0 Å². The Hall–Kier alpha value is -3.35. The van der Waals surface area contributed by atoms with Crippen molar-refractivity contribution in [1.29, 1.82) is 0 Å². The SMILES string of the molecule is CCn1ncc(NC(=O)c2nn(C)c(C(F)(F)F)c2Cl)c1C(=O)Nc1cnn(C)c1C. The van der Waals surface area contributed by atoms with Gasteiger partial charge in [0.1, 0.15) is 10.7 Å². The molecule has 0 spiro atoms. The van der Waals surface area contributed by atoms with E-state index in [4.69, 9.17) is 11.6 Å². The van der Waals surface area contributed by atoms with E-state index in [1.165, 1.54) is 17.1 Å². The first-order valence-corrected chi connectivity index (χ1v) is 9.30. The number of amides is 2. The number of nitrogens with one attached hydrogen (secondary N) is 2. The maximum atomic E-state index is 13.1. The first-order valence-electron chi connectivity index (χ1n) is 8.92. The van der Waals surface area contributed by atoms with Crippen molar-refractivity contribution in [2.24, 2.45) is 14.1 Å². The smallest absolute Gasteiger partial charge is 0.318 e. The summed E-state index contributed by atoms with van der Waals surface area (Å²) in [6, 6.07) is 0. The summed E-state index contributed by atoms with van der Waals surface area (Å²) in [7, 11) is 2.73. The number of hydrogen-bond acceptors (Lipinski definition) is 5. The van der Waals surface area contributed by atoms with Gasteiger partial charge in [0.25, 0.3) is 11.8 Å². The van der Waals surface area contributed by atoms with Gasteiger partial charge in [-0.2, -0.15) is 28.5 Å². The Labute approximate surface area is 179 Å². The van der Waals surface area contributed by atoms with Crippen molar-refractivity contribution >= 4 is 34.8 Å². The summed E-state index contributed by atoms with van der Waals surface area (Å²) >= 11 is 5.76. The Balaban J connectivity index is 1.91. The monoisotopic (exact) mass is 458 g/mol. The molecule has 2 amide bonds. The quantitative estimate of drug-likeness (QED) is 0.610. The lowest BCUT2D eigenvalue weighted by Crippen LogP contribution is -2.21. The van der Waals surface area contributed by atoms with E-state index in [1.807, 2.05) is 0 Å². The fraction of sp³-hybridized carbons (Fsp3) is 0.353. The lowest BCUT2D eigenvalue weighted by molar-refractivity contribution is -0.143. The number of carbonyl (C=O) groups excluding carboxylic acids is 2. The number of rotatable bonds is 5. The van der Waals surface area contributed by atoms with Crippen LogP contribution in [-0.4, -0.2) is 41.2 Å². The highest BCUT2D eigenvalue weighted by Crippen LogP contribution is 2.36. The van der Waals surface area contributed by atoms with Gasteiger partial charge in [-0.1, -0.05) is 11.6 Å². The van der Waals surface area contributed by atoms with Crippen LogP contribution < -0.4 is 10.6 Å². The molecule has 2 N–H and O–H groups in total. The van der Waals surface area contributed by atoms with Crippen molar-refractivity contribution in [3.63, 3.8) is 0 Å². The van der Waals surface area contributed by atoms with Crippen molar-refractivity contribution in [2.45, 2.75) is 26.6 Å². The third-order valence-electron chi connectivity index (χ3n) is 4.56. The van der Waals surface area contributed by atoms with Gasteiger partial charge >= 0.3 is 6.18 Å². The Morgan fingerprint density at radius 3 is 2.19 bits per heavy atom. The average molecular weight is 459 g/mol. The molecule has 3 aromatic rings. The second-order valence-corrected chi connectivity index (χ2v) is 6.91. The molecule has 0 radical (unpaired) electrons. The lowest BCUT2D eigenvalue weighted by atomic mass is 10.2. The number of aromatic nitrogens is 6. The van der Waals surface area contributed by atoms with E-state index in [-0.39, 0.29) is 11.4 Å². The zero-order valence-corrected chi connectivity index (χ0v) is 17.6. The minimum atomic E-state index is -4.79. The van der Waals surface area contributed by atoms with E-state index < -0.39 is 34.4 Å². The van der Waals surface area contributed by atoms with Crippen LogP contribution in [0.15, 0.2) is 12.4 Å². The number of carbonyl (C=O) groups is 2. The summed E-state index contributed by atoms with van der Waals surface area (Å²) < 4.78 is 42.7. The van der Waals surface area contributed by atoms with Gasteiger partial charge < -0.3 is 10.6 Å². The molecule has 0 bridgehead atoms. The minimum absolute atomic E-state index is 0.00204. The highest BCUT2D eigenvalue weighted by atomic mass is 35.5. The van der Waals surface area contributed by atoms with Crippen molar-refractivity contribution < 1.29 is 22.8 Å². The van der Waals surface area contributed by atoms with Crippen molar-refractivity contribution in [3.8, 4) is 0 Å². The minimum Gasteiger partial charge on any atom is -0.318 e. The number of hydrogen-bond donors (Lipinski definition) is 2. The van der Waals surface area contributed by atoms with E-state index >= 15 is 0 Å². The van der Waals surface area contributed by atoms with E-state index in [0.29, 0.717) is 22.6 Å². The van der Waals surface area contributed by atoms with Gasteiger partial charge in [-0.25, -0.2) is 0 Å². The van der Waals surface area contributed by atoms with Crippen LogP contribution in [0, 0.1) is 6.92 Å². The fourth-order valence-electron chi connectivity index (χ4n) is 2.89. The Morgan fingerprint density at radius 2 is 1.68 bits per heavy atom. The molecule has 0 fully saturated rings. The zero-order valence-electron chi connectivity index (χ0n) is 16.9. The van der Waals surface area contributed by atoms with Crippen LogP contribution in [0.3, 0.4) is 0 Å². The van der Waals surface area contributed by atoms with Crippen LogP contribution in [0.5, 0.6) is 0 Å². The van der Waals surface area contributed by atoms with Crippen molar-refractivity contribution in [1.82, 2.24) is 29.3 Å². The lowest BCUT2D eigenvalue weighted by Gasteiger charge is -2.09. The number of anilines is 2. The van der Waals surface area contributed by atoms with Gasteiger partial charge in [-0.05, 0) is 13.8 Å². The first-order chi connectivity index (χ1) is 14.5. The molecule has 0 atom stereocenters. The molecule has 0 saturated carbocycles. The topological polar surface area (TPSA) is 112 Å². The second kappa shape index (κ2) is 8.06. The van der Waals surface area contributed by atoms with Gasteiger partial charge in [0.05, 0.1) is 29.5 Å². The maximum absolute atomic E-state index is 13.1. The van der Waals surface area contributed by atoms with E-state index in [1.54, 1.807) is 25.6 Å². The van der Waals surface area contributed by atoms with Crippen LogP contribution >= 0.6 is 11.6 Å². The Kier molecular flexibility index (Phi) is 5.81. The highest BCUT2D eigenvalue weighted by molar-refractivity contribution is 6.35. The molecule has 0 aliphatic carbocycles. The predicted molar refractivity (Wildman–Crippen MR) is 105 cm³/mol. The van der Waals surface area contributed by atoms with Crippen LogP contribution in [-0.2, 0) is 26.8 Å². The molecule has 31 heavy (non-hydrogen) atoms. The maximum Gasteiger partial charge on any atom is 0.434 e. The molecule has 0 aliphatic heterocycles. The molecule has 0 aliphatic rings. The Bertz CT molecular complexity index is 1160. The van der Waals surface area contributed by atoms with Crippen LogP contribution in [0.25, 0.3) is 0 Å². The third kappa shape index (κ3) is 4.13. The number of aryl methyl sites for hydroxylation is 3. The van der Waals surface area contributed by atoms with Gasteiger partial charge in [-0.3, -0.25) is 23.6 Å². The molecule has 166 valence electrons. The molecule has 14 heteroatoms. The molecule has 0 aromatic carbocycles. The molecule has 0 unspecified atom stereocenters. The third-order valence-corrected chi connectivity index (χ3v) is 4.92. The summed E-state index contributed by atoms with van der Waals surface area (Å²) in [4.78, 5) is 25.5. The number of alkyl halides is 3. The summed E-state index contributed by atoms with van der Waals surface area (Å²) in [6.45, 7) is 3.78. The molecule has 3 heterocycles.